The molecule has 8 rings (SSSR count). The van der Waals surface area contributed by atoms with Gasteiger partial charge in [-0.2, -0.15) is 5.06 Å². The Morgan fingerprint density at radius 3 is 2.63 bits per heavy atom. The number of fused-ring (bicyclic) bond motifs is 3. The number of aliphatic imine (C=N–C) groups is 1. The van der Waals surface area contributed by atoms with Crippen LogP contribution in [0.5, 0.6) is 11.5 Å². The molecule has 3 saturated carbocycles. The number of amides is 1. The lowest BCUT2D eigenvalue weighted by atomic mass is 9.45. The monoisotopic (exact) mass is 710 g/mol. The van der Waals surface area contributed by atoms with Crippen LogP contribution >= 0.6 is 0 Å². The number of aliphatic hydroxyl groups excluding tert-OH is 2. The number of ether oxygens (including phenoxy) is 2. The zero-order valence-corrected chi connectivity index (χ0v) is 31.0. The summed E-state index contributed by atoms with van der Waals surface area (Å²) in [6, 6.07) is 19.5. The first-order valence-electron chi connectivity index (χ1n) is 18.8. The molecule has 0 radical (unpaired) electrons. The van der Waals surface area contributed by atoms with Crippen molar-refractivity contribution in [1.29, 1.82) is 0 Å². The van der Waals surface area contributed by atoms with Crippen LogP contribution < -0.4 is 20.5 Å². The number of amidine groups is 1. The number of hydrogen-bond acceptors (Lipinski definition) is 8. The van der Waals surface area contributed by atoms with Gasteiger partial charge in [-0.25, -0.2) is 0 Å². The molecule has 1 saturated heterocycles. The van der Waals surface area contributed by atoms with E-state index < -0.39 is 24.2 Å². The van der Waals surface area contributed by atoms with E-state index in [1.54, 1.807) is 19.1 Å². The minimum atomic E-state index is -0.795. The number of para-hydroxylation sites is 1. The van der Waals surface area contributed by atoms with Crippen molar-refractivity contribution in [2.75, 3.05) is 26.9 Å². The lowest BCUT2D eigenvalue weighted by molar-refractivity contribution is -0.171. The molecule has 1 amide bonds. The smallest absolute Gasteiger partial charge is 0.255 e. The maximum absolute atomic E-state index is 13.6. The SMILES string of the molecule is COc1c(CN2O[C@@H](CO)[C@H]([C@H](C)O)[C@H]2C(N)=N[C@H]2C[C@H]3C[C@@H]([C@@H]2C)C3(C)C)cccc1-c1cc2c(c(C(=O)NCCc3ccccc3)c1)OCC2. The largest absolute Gasteiger partial charge is 0.496 e. The minimum Gasteiger partial charge on any atom is -0.496 e. The van der Waals surface area contributed by atoms with Crippen LogP contribution in [-0.4, -0.2) is 78.2 Å². The van der Waals surface area contributed by atoms with Crippen LogP contribution in [0.2, 0.25) is 0 Å². The molecule has 0 spiro atoms. The van der Waals surface area contributed by atoms with Gasteiger partial charge in [-0.3, -0.25) is 14.6 Å². The van der Waals surface area contributed by atoms with Crippen LogP contribution in [0.4, 0.5) is 0 Å². The van der Waals surface area contributed by atoms with E-state index in [1.807, 2.05) is 42.5 Å². The van der Waals surface area contributed by atoms with Gasteiger partial charge in [0.05, 0.1) is 44.6 Å². The Labute approximate surface area is 307 Å². The number of benzene rings is 3. The standard InChI is InChI=1S/C42H54N4O6/c1-24-33-20-30(42(33,3)4)21-34(24)45-40(43)37-36(25(2)48)35(23-47)52-46(37)22-28-12-9-13-31(38(28)50-5)29-18-27-15-17-51-39(27)32(19-29)41(49)44-16-14-26-10-7-6-8-11-26/h6-13,18-19,24-25,30,33-37,47-48H,14-17,20-23H2,1-5H3,(H2,43,45)(H,44,49)/t24-,25-,30+,33-,34-,35-,36-,37-/m0/s1. The summed E-state index contributed by atoms with van der Waals surface area (Å²) in [4.78, 5) is 25.1. The van der Waals surface area contributed by atoms with Crippen molar-refractivity contribution in [1.82, 2.24) is 10.4 Å². The molecule has 52 heavy (non-hydrogen) atoms. The van der Waals surface area contributed by atoms with Crippen LogP contribution in [0.15, 0.2) is 65.7 Å². The highest BCUT2D eigenvalue weighted by molar-refractivity contribution is 5.99. The average Bonchev–Trinajstić information content (AvgIpc) is 3.77. The molecular formula is C42H54N4O6. The zero-order chi connectivity index (χ0) is 36.7. The van der Waals surface area contributed by atoms with Gasteiger partial charge in [-0.15, -0.1) is 0 Å². The Morgan fingerprint density at radius 1 is 1.15 bits per heavy atom. The van der Waals surface area contributed by atoms with Gasteiger partial charge in [0, 0.05) is 30.0 Å². The van der Waals surface area contributed by atoms with Crippen molar-refractivity contribution in [3.8, 4) is 22.6 Å². The summed E-state index contributed by atoms with van der Waals surface area (Å²) in [7, 11) is 1.64. The molecule has 8 atom stereocenters. The van der Waals surface area contributed by atoms with Crippen LogP contribution in [0.3, 0.4) is 0 Å². The number of carbonyl (C=O) groups is 1. The highest BCUT2D eigenvalue weighted by Gasteiger charge is 2.56. The van der Waals surface area contributed by atoms with Gasteiger partial charge in [0.2, 0.25) is 0 Å². The van der Waals surface area contributed by atoms with Gasteiger partial charge in [-0.1, -0.05) is 69.3 Å². The fourth-order valence-electron chi connectivity index (χ4n) is 9.51. The number of hydrogen-bond donors (Lipinski definition) is 4. The quantitative estimate of drug-likeness (QED) is 0.149. The number of rotatable bonds is 12. The molecule has 2 aliphatic heterocycles. The second kappa shape index (κ2) is 14.8. The highest BCUT2D eigenvalue weighted by atomic mass is 16.7. The summed E-state index contributed by atoms with van der Waals surface area (Å²) >= 11 is 0. The van der Waals surface area contributed by atoms with Crippen molar-refractivity contribution in [3.05, 3.63) is 82.9 Å². The van der Waals surface area contributed by atoms with Crippen LogP contribution in [0, 0.1) is 29.1 Å². The van der Waals surface area contributed by atoms with Gasteiger partial charge in [0.1, 0.15) is 29.5 Å². The first-order valence-corrected chi connectivity index (χ1v) is 18.8. The van der Waals surface area contributed by atoms with Crippen molar-refractivity contribution < 1.29 is 29.3 Å². The molecular weight excluding hydrogens is 656 g/mol. The molecule has 10 heteroatoms. The van der Waals surface area contributed by atoms with Crippen molar-refractivity contribution in [2.24, 2.45) is 39.8 Å². The molecule has 0 unspecified atom stereocenters. The van der Waals surface area contributed by atoms with E-state index in [0.717, 1.165) is 40.7 Å². The lowest BCUT2D eigenvalue weighted by Crippen LogP contribution is -2.57. The van der Waals surface area contributed by atoms with E-state index in [-0.39, 0.29) is 25.1 Å². The topological polar surface area (TPSA) is 139 Å². The average molecular weight is 711 g/mol. The van der Waals surface area contributed by atoms with Crippen LogP contribution in [-0.2, 0) is 24.2 Å². The molecule has 10 nitrogen and oxygen atoms in total. The minimum absolute atomic E-state index is 0.104. The Balaban J connectivity index is 1.17. The Kier molecular flexibility index (Phi) is 10.4. The maximum atomic E-state index is 13.6. The van der Waals surface area contributed by atoms with E-state index in [2.05, 4.69) is 44.3 Å². The third-order valence-corrected chi connectivity index (χ3v) is 12.6. The number of nitrogens with one attached hydrogen (secondary N) is 1. The number of aliphatic hydroxyl groups is 2. The van der Waals surface area contributed by atoms with Gasteiger partial charge in [-0.05, 0) is 78.2 Å². The summed E-state index contributed by atoms with van der Waals surface area (Å²) < 4.78 is 12.1. The summed E-state index contributed by atoms with van der Waals surface area (Å²) in [5.41, 5.74) is 12.4. The molecule has 278 valence electrons. The van der Waals surface area contributed by atoms with Crippen LogP contribution in [0.25, 0.3) is 11.1 Å². The van der Waals surface area contributed by atoms with Gasteiger partial charge in [0.15, 0.2) is 0 Å². The van der Waals surface area contributed by atoms with Crippen LogP contribution in [0.1, 0.15) is 67.6 Å². The summed E-state index contributed by atoms with van der Waals surface area (Å²) in [6.45, 7) is 9.78. The van der Waals surface area contributed by atoms with Gasteiger partial charge < -0.3 is 30.7 Å². The van der Waals surface area contributed by atoms with E-state index >= 15 is 0 Å². The predicted molar refractivity (Wildman–Crippen MR) is 201 cm³/mol. The zero-order valence-electron chi connectivity index (χ0n) is 31.0. The Bertz CT molecular complexity index is 1790. The lowest BCUT2D eigenvalue weighted by Gasteiger charge is -2.61. The normalized spacial score (nSPS) is 28.4. The van der Waals surface area contributed by atoms with E-state index in [1.165, 1.54) is 6.42 Å². The van der Waals surface area contributed by atoms with Gasteiger partial charge in [0.25, 0.3) is 5.91 Å². The van der Waals surface area contributed by atoms with Crippen molar-refractivity contribution in [3.63, 3.8) is 0 Å². The molecule has 5 N–H and O–H groups in total. The number of carbonyl (C=O) groups excluding carboxylic acids is 1. The number of hydroxylamine groups is 2. The summed E-state index contributed by atoms with van der Waals surface area (Å²) in [5.74, 6) is 2.68. The molecule has 2 bridgehead atoms. The molecule has 2 heterocycles. The second-order valence-corrected chi connectivity index (χ2v) is 15.8. The van der Waals surface area contributed by atoms with Crippen molar-refractivity contribution >= 4 is 11.7 Å². The maximum Gasteiger partial charge on any atom is 0.255 e. The predicted octanol–water partition coefficient (Wildman–Crippen LogP) is 5.17. The molecule has 3 aromatic carbocycles. The highest BCUT2D eigenvalue weighted by Crippen LogP contribution is 2.61. The number of nitrogens with zero attached hydrogens (tertiary/aromatic N) is 2. The fourth-order valence-corrected chi connectivity index (χ4v) is 9.51. The van der Waals surface area contributed by atoms with Gasteiger partial charge >= 0.3 is 0 Å². The van der Waals surface area contributed by atoms with Crippen molar-refractivity contribution in [2.45, 2.75) is 84.2 Å². The molecule has 0 aromatic heterocycles. The summed E-state index contributed by atoms with van der Waals surface area (Å²) in [6.07, 6.45) is 2.23. The summed E-state index contributed by atoms with van der Waals surface area (Å²) in [5, 5.41) is 26.2. The molecule has 5 aliphatic rings. The van der Waals surface area contributed by atoms with E-state index in [9.17, 15) is 15.0 Å². The van der Waals surface area contributed by atoms with E-state index in [4.69, 9.17) is 25.0 Å². The number of nitrogens with two attached hydrogens (primary N) is 1. The second-order valence-electron chi connectivity index (χ2n) is 15.8. The molecule has 3 aromatic rings. The first kappa shape index (κ1) is 36.4. The van der Waals surface area contributed by atoms with E-state index in [0.29, 0.717) is 65.6 Å². The number of methoxy groups -OCH3 is 1. The third kappa shape index (κ3) is 6.70. The fraction of sp³-hybridized carbons (Fsp3) is 0.524. The molecule has 3 aliphatic carbocycles. The Hall–Kier alpha value is -3.96. The molecule has 4 fully saturated rings. The first-order chi connectivity index (χ1) is 25.0. The Morgan fingerprint density at radius 2 is 1.94 bits per heavy atom. The third-order valence-electron chi connectivity index (χ3n) is 12.6.